The van der Waals surface area contributed by atoms with E-state index in [0.717, 1.165) is 0 Å². The van der Waals surface area contributed by atoms with E-state index in [1.54, 1.807) is 35.7 Å². The van der Waals surface area contributed by atoms with Gasteiger partial charge < -0.3 is 4.74 Å². The molecule has 8 heteroatoms. The molecule has 25 heavy (non-hydrogen) atoms. The van der Waals surface area contributed by atoms with Crippen LogP contribution in [0.1, 0.15) is 29.6 Å². The topological polar surface area (TPSA) is 63.7 Å². The van der Waals surface area contributed by atoms with Crippen molar-refractivity contribution in [1.82, 2.24) is 4.31 Å². The molecule has 5 nitrogen and oxygen atoms in total. The van der Waals surface area contributed by atoms with Crippen LogP contribution in [0.5, 0.6) is 5.75 Å². The summed E-state index contributed by atoms with van der Waals surface area (Å²) in [5.74, 6) is 0.424. The maximum absolute atomic E-state index is 12.6. The number of ketones is 1. The first-order valence-electron chi connectivity index (χ1n) is 7.96. The van der Waals surface area contributed by atoms with Gasteiger partial charge in [0.1, 0.15) is 15.6 Å². The van der Waals surface area contributed by atoms with Gasteiger partial charge in [0, 0.05) is 25.9 Å². The minimum absolute atomic E-state index is 0.00156. The van der Waals surface area contributed by atoms with Crippen molar-refractivity contribution in [1.29, 1.82) is 0 Å². The van der Waals surface area contributed by atoms with Crippen LogP contribution in [0.2, 0.25) is 5.02 Å². The number of sulfonamides is 1. The molecule has 0 saturated carbocycles. The molecule has 0 atom stereocenters. The Balaban J connectivity index is 1.56. The van der Waals surface area contributed by atoms with Crippen molar-refractivity contribution >= 4 is 38.7 Å². The molecule has 3 heterocycles. The minimum Gasteiger partial charge on any atom is -0.484 e. The quantitative estimate of drug-likeness (QED) is 0.776. The fourth-order valence-electron chi connectivity index (χ4n) is 3.42. The molecule has 0 radical (unpaired) electrons. The fourth-order valence-corrected chi connectivity index (χ4v) is 6.22. The molecule has 1 aromatic heterocycles. The second kappa shape index (κ2) is 6.09. The zero-order valence-corrected chi connectivity index (χ0v) is 15.7. The number of nitrogens with zero attached hydrogens (tertiary/aromatic N) is 1. The van der Waals surface area contributed by atoms with Gasteiger partial charge in [0.15, 0.2) is 5.78 Å². The first kappa shape index (κ1) is 17.0. The van der Waals surface area contributed by atoms with E-state index in [2.05, 4.69) is 0 Å². The van der Waals surface area contributed by atoms with Gasteiger partial charge in [0.25, 0.3) is 10.0 Å². The summed E-state index contributed by atoms with van der Waals surface area (Å²) in [4.78, 5) is 12.5. The van der Waals surface area contributed by atoms with Crippen molar-refractivity contribution in [2.24, 2.45) is 0 Å². The molecule has 1 spiro atoms. The average Bonchev–Trinajstić information content (AvgIpc) is 3.12. The van der Waals surface area contributed by atoms with Gasteiger partial charge in [-0.25, -0.2) is 8.42 Å². The van der Waals surface area contributed by atoms with Gasteiger partial charge in [0.2, 0.25) is 0 Å². The standard InChI is InChI=1S/C17H16ClNO4S2/c18-13-4-1-3-12-14(20)11-17(23-16(12)13)6-8-19(9-7-17)25(21,22)15-5-2-10-24-15/h1-5,10H,6-9,11H2. The number of hydrogen-bond acceptors (Lipinski definition) is 5. The highest BCUT2D eigenvalue weighted by atomic mass is 35.5. The van der Waals surface area contributed by atoms with E-state index in [4.69, 9.17) is 16.3 Å². The zero-order chi connectivity index (χ0) is 17.7. The van der Waals surface area contributed by atoms with Crippen LogP contribution in [0.15, 0.2) is 39.9 Å². The first-order chi connectivity index (χ1) is 11.9. The highest BCUT2D eigenvalue weighted by Gasteiger charge is 2.45. The Morgan fingerprint density at radius 2 is 1.92 bits per heavy atom. The number of halogens is 1. The molecule has 0 unspecified atom stereocenters. The lowest BCUT2D eigenvalue weighted by Gasteiger charge is -2.43. The number of benzene rings is 1. The third kappa shape index (κ3) is 2.89. The molecule has 0 N–H and O–H groups in total. The summed E-state index contributed by atoms with van der Waals surface area (Å²) < 4.78 is 33.2. The van der Waals surface area contributed by atoms with Gasteiger partial charge in [-0.1, -0.05) is 23.7 Å². The van der Waals surface area contributed by atoms with E-state index >= 15 is 0 Å². The van der Waals surface area contributed by atoms with Gasteiger partial charge >= 0.3 is 0 Å². The second-order valence-electron chi connectivity index (χ2n) is 6.34. The lowest BCUT2D eigenvalue weighted by Crippen LogP contribution is -2.52. The highest BCUT2D eigenvalue weighted by molar-refractivity contribution is 7.91. The van der Waals surface area contributed by atoms with Crippen LogP contribution < -0.4 is 4.74 Å². The molecule has 4 rings (SSSR count). The van der Waals surface area contributed by atoms with E-state index in [1.807, 2.05) is 0 Å². The van der Waals surface area contributed by atoms with Crippen LogP contribution >= 0.6 is 22.9 Å². The van der Waals surface area contributed by atoms with Gasteiger partial charge in [-0.3, -0.25) is 4.79 Å². The number of rotatable bonds is 2. The molecule has 2 aliphatic rings. The van der Waals surface area contributed by atoms with Crippen LogP contribution in [0.4, 0.5) is 0 Å². The van der Waals surface area contributed by atoms with Crippen LogP contribution in [0.3, 0.4) is 0 Å². The van der Waals surface area contributed by atoms with Crippen molar-refractivity contribution < 1.29 is 17.9 Å². The predicted molar refractivity (Wildman–Crippen MR) is 96.1 cm³/mol. The lowest BCUT2D eigenvalue weighted by molar-refractivity contribution is 0.00601. The van der Waals surface area contributed by atoms with Gasteiger partial charge in [-0.2, -0.15) is 4.31 Å². The summed E-state index contributed by atoms with van der Waals surface area (Å²) in [6.45, 7) is 0.653. The Labute approximate surface area is 155 Å². The molecular formula is C17H16ClNO4S2. The molecule has 0 aliphatic carbocycles. The third-order valence-corrected chi connectivity index (χ3v) is 8.36. The molecule has 0 bridgehead atoms. The Morgan fingerprint density at radius 3 is 2.60 bits per heavy atom. The molecule has 132 valence electrons. The Morgan fingerprint density at radius 1 is 1.16 bits per heavy atom. The maximum atomic E-state index is 12.6. The Hall–Kier alpha value is -1.41. The minimum atomic E-state index is -3.47. The number of para-hydroxylation sites is 1. The number of Topliss-reactive ketones (excluding diaryl/α,β-unsaturated/α-hetero) is 1. The SMILES string of the molecule is O=C1CC2(CCN(S(=O)(=O)c3cccs3)CC2)Oc2c(Cl)cccc21. The van der Waals surface area contributed by atoms with Crippen molar-refractivity contribution in [3.63, 3.8) is 0 Å². The van der Waals surface area contributed by atoms with Crippen molar-refractivity contribution in [2.75, 3.05) is 13.1 Å². The summed E-state index contributed by atoms with van der Waals surface area (Å²) in [7, 11) is -3.47. The van der Waals surface area contributed by atoms with Crippen molar-refractivity contribution in [3.05, 3.63) is 46.3 Å². The monoisotopic (exact) mass is 397 g/mol. The summed E-state index contributed by atoms with van der Waals surface area (Å²) in [6.07, 6.45) is 1.19. The Bertz CT molecular complexity index is 916. The van der Waals surface area contributed by atoms with Gasteiger partial charge in [-0.05, 0) is 23.6 Å². The smallest absolute Gasteiger partial charge is 0.252 e. The van der Waals surface area contributed by atoms with Crippen molar-refractivity contribution in [2.45, 2.75) is 29.1 Å². The highest BCUT2D eigenvalue weighted by Crippen LogP contribution is 2.43. The number of piperidine rings is 1. The molecule has 1 aromatic carbocycles. The first-order valence-corrected chi connectivity index (χ1v) is 10.7. The van der Waals surface area contributed by atoms with Crippen LogP contribution in [-0.2, 0) is 10.0 Å². The van der Waals surface area contributed by atoms with Gasteiger partial charge in [-0.15, -0.1) is 11.3 Å². The van der Waals surface area contributed by atoms with Crippen LogP contribution in [0.25, 0.3) is 0 Å². The number of thiophene rings is 1. The number of carbonyl (C=O) groups excluding carboxylic acids is 1. The van der Waals surface area contributed by atoms with Crippen LogP contribution in [0, 0.1) is 0 Å². The van der Waals surface area contributed by atoms with E-state index in [-0.39, 0.29) is 12.2 Å². The molecule has 1 saturated heterocycles. The Kier molecular flexibility index (Phi) is 4.15. The molecular weight excluding hydrogens is 382 g/mol. The largest absolute Gasteiger partial charge is 0.484 e. The average molecular weight is 398 g/mol. The zero-order valence-electron chi connectivity index (χ0n) is 13.3. The summed E-state index contributed by atoms with van der Waals surface area (Å²) in [6, 6.07) is 8.48. The normalized spacial score (nSPS) is 20.3. The van der Waals surface area contributed by atoms with Crippen molar-refractivity contribution in [3.8, 4) is 5.75 Å². The number of carbonyl (C=O) groups is 1. The summed E-state index contributed by atoms with van der Waals surface area (Å²) in [5.41, 5.74) is -0.164. The summed E-state index contributed by atoms with van der Waals surface area (Å²) in [5, 5.41) is 2.17. The van der Waals surface area contributed by atoms with E-state index in [1.165, 1.54) is 15.6 Å². The van der Waals surface area contributed by atoms with Crippen LogP contribution in [-0.4, -0.2) is 37.2 Å². The van der Waals surface area contributed by atoms with E-state index < -0.39 is 15.6 Å². The fraction of sp³-hybridized carbons (Fsp3) is 0.353. The van der Waals surface area contributed by atoms with E-state index in [0.29, 0.717) is 46.5 Å². The summed E-state index contributed by atoms with van der Waals surface area (Å²) >= 11 is 7.41. The second-order valence-corrected chi connectivity index (χ2v) is 9.86. The number of ether oxygens (including phenoxy) is 1. The molecule has 0 amide bonds. The van der Waals surface area contributed by atoms with E-state index in [9.17, 15) is 13.2 Å². The van der Waals surface area contributed by atoms with Gasteiger partial charge in [0.05, 0.1) is 17.0 Å². The third-order valence-electron chi connectivity index (χ3n) is 4.79. The maximum Gasteiger partial charge on any atom is 0.252 e. The molecule has 2 aliphatic heterocycles. The molecule has 2 aromatic rings. The lowest BCUT2D eigenvalue weighted by atomic mass is 9.83. The predicted octanol–water partition coefficient (Wildman–Crippen LogP) is 3.59. The number of hydrogen-bond donors (Lipinski definition) is 0. The molecule has 1 fully saturated rings. The number of fused-ring (bicyclic) bond motifs is 1.